The first kappa shape index (κ1) is 21.6. The molecule has 1 aliphatic rings. The number of ether oxygens (including phenoxy) is 1. The first-order chi connectivity index (χ1) is 16.1. The summed E-state index contributed by atoms with van der Waals surface area (Å²) in [5.74, 6) is 2.15. The number of hydrogen-bond acceptors (Lipinski definition) is 6. The van der Waals surface area contributed by atoms with Gasteiger partial charge in [-0.15, -0.1) is 5.10 Å². The van der Waals surface area contributed by atoms with E-state index in [9.17, 15) is 0 Å². The molecule has 3 N–H and O–H groups in total. The maximum atomic E-state index is 6.56. The van der Waals surface area contributed by atoms with Crippen molar-refractivity contribution in [1.82, 2.24) is 19.6 Å². The maximum absolute atomic E-state index is 6.56. The zero-order chi connectivity index (χ0) is 22.8. The Hall–Kier alpha value is -3.29. The Balaban J connectivity index is 1.67. The molecule has 7 nitrogen and oxygen atoms in total. The van der Waals surface area contributed by atoms with E-state index in [0.29, 0.717) is 18.2 Å². The second kappa shape index (κ2) is 8.92. The van der Waals surface area contributed by atoms with Crippen molar-refractivity contribution >= 4 is 11.6 Å². The monoisotopic (exact) mass is 442 g/mol. The van der Waals surface area contributed by atoms with Gasteiger partial charge in [-0.05, 0) is 43.7 Å². The second-order valence-electron chi connectivity index (χ2n) is 8.78. The zero-order valence-corrected chi connectivity index (χ0v) is 19.2. The minimum atomic E-state index is -0.184. The quantitative estimate of drug-likeness (QED) is 0.389. The predicted octanol–water partition coefficient (Wildman–Crippen LogP) is 4.55. The number of nitrogens with one attached hydrogen (secondary N) is 1. The van der Waals surface area contributed by atoms with Crippen molar-refractivity contribution in [3.8, 4) is 22.4 Å². The zero-order valence-electron chi connectivity index (χ0n) is 19.2. The van der Waals surface area contributed by atoms with Crippen molar-refractivity contribution < 1.29 is 4.74 Å². The average molecular weight is 443 g/mol. The van der Waals surface area contributed by atoms with E-state index in [1.165, 1.54) is 12.0 Å². The summed E-state index contributed by atoms with van der Waals surface area (Å²) < 4.78 is 7.05. The molecule has 0 radical (unpaired) electrons. The molecule has 0 amide bonds. The van der Waals surface area contributed by atoms with Crippen LogP contribution >= 0.6 is 0 Å². The number of nitrogens with two attached hydrogens (primary N) is 1. The fourth-order valence-electron chi connectivity index (χ4n) is 4.48. The van der Waals surface area contributed by atoms with E-state index in [0.717, 1.165) is 54.0 Å². The highest BCUT2D eigenvalue weighted by Gasteiger charge is 2.34. The van der Waals surface area contributed by atoms with E-state index in [4.69, 9.17) is 15.5 Å². The van der Waals surface area contributed by atoms with Crippen molar-refractivity contribution in [2.75, 3.05) is 25.6 Å². The first-order valence-electron chi connectivity index (χ1n) is 11.5. The Morgan fingerprint density at radius 1 is 1.03 bits per heavy atom. The average Bonchev–Trinajstić information content (AvgIpc) is 3.20. The molecule has 1 aliphatic carbocycles. The minimum absolute atomic E-state index is 0.184. The highest BCUT2D eigenvalue weighted by atomic mass is 16.5. The summed E-state index contributed by atoms with van der Waals surface area (Å²) in [6.07, 6.45) is 4.16. The van der Waals surface area contributed by atoms with E-state index < -0.39 is 0 Å². The predicted molar refractivity (Wildman–Crippen MR) is 131 cm³/mol. The molecule has 0 unspecified atom stereocenters. The van der Waals surface area contributed by atoms with Crippen LogP contribution in [0.2, 0.25) is 0 Å². The number of aryl methyl sites for hydroxylation is 1. The molecule has 0 saturated heterocycles. The summed E-state index contributed by atoms with van der Waals surface area (Å²) in [5.41, 5.74) is 11.5. The van der Waals surface area contributed by atoms with Gasteiger partial charge >= 0.3 is 0 Å². The number of hydrogen-bond donors (Lipinski definition) is 2. The number of rotatable bonds is 8. The molecular formula is C26H30N6O. The highest BCUT2D eigenvalue weighted by Crippen LogP contribution is 2.41. The lowest BCUT2D eigenvalue weighted by Crippen LogP contribution is -2.43. The van der Waals surface area contributed by atoms with Crippen LogP contribution < -0.4 is 11.1 Å². The van der Waals surface area contributed by atoms with Crippen LogP contribution in [0.5, 0.6) is 0 Å². The van der Waals surface area contributed by atoms with Crippen LogP contribution in [0.15, 0.2) is 54.6 Å². The third kappa shape index (κ3) is 4.10. The van der Waals surface area contributed by atoms with Gasteiger partial charge in [0.05, 0.1) is 11.3 Å². The second-order valence-corrected chi connectivity index (χ2v) is 8.78. The Kier molecular flexibility index (Phi) is 5.83. The van der Waals surface area contributed by atoms with Gasteiger partial charge in [0.25, 0.3) is 5.78 Å². The molecule has 0 aliphatic heterocycles. The standard InChI is InChI=1S/C26H30N6O/c1-18-29-25-30-23(20-10-12-21(13-11-20)26(27)14-6-15-26)22(19-8-4-3-5-9-19)24(32(25)31-18)28-16-7-17-33-2/h3-5,8-13,28H,6-7,14-17,27H2,1-2H3. The molecule has 170 valence electrons. The summed E-state index contributed by atoms with van der Waals surface area (Å²) in [6.45, 7) is 3.33. The van der Waals surface area contributed by atoms with Gasteiger partial charge in [0.15, 0.2) is 0 Å². The Morgan fingerprint density at radius 3 is 2.45 bits per heavy atom. The number of benzene rings is 2. The Bertz CT molecular complexity index is 1250. The van der Waals surface area contributed by atoms with Crippen LogP contribution in [0.4, 0.5) is 5.82 Å². The fraction of sp³-hybridized carbons (Fsp3) is 0.346. The Labute approximate surface area is 194 Å². The van der Waals surface area contributed by atoms with Crippen LogP contribution in [0, 0.1) is 6.92 Å². The van der Waals surface area contributed by atoms with Crippen molar-refractivity contribution in [1.29, 1.82) is 0 Å². The molecule has 33 heavy (non-hydrogen) atoms. The lowest BCUT2D eigenvalue weighted by Gasteiger charge is -2.38. The van der Waals surface area contributed by atoms with E-state index >= 15 is 0 Å². The van der Waals surface area contributed by atoms with E-state index in [2.05, 4.69) is 51.8 Å². The number of anilines is 1. The number of methoxy groups -OCH3 is 1. The van der Waals surface area contributed by atoms with Crippen molar-refractivity contribution in [2.24, 2.45) is 5.73 Å². The third-order valence-corrected chi connectivity index (χ3v) is 6.45. The smallest absolute Gasteiger partial charge is 0.254 e. The molecule has 5 rings (SSSR count). The molecule has 4 aromatic rings. The largest absolute Gasteiger partial charge is 0.385 e. The SMILES string of the molecule is COCCCNc1c(-c2ccccc2)c(-c2ccc(C3(N)CCC3)cc2)nc2nc(C)nn12. The van der Waals surface area contributed by atoms with Crippen LogP contribution in [-0.4, -0.2) is 39.8 Å². The van der Waals surface area contributed by atoms with Crippen LogP contribution in [0.1, 0.15) is 37.1 Å². The summed E-state index contributed by atoms with van der Waals surface area (Å²) in [7, 11) is 1.72. The van der Waals surface area contributed by atoms with Gasteiger partial charge in [0, 0.05) is 31.4 Å². The van der Waals surface area contributed by atoms with Crippen LogP contribution in [-0.2, 0) is 10.3 Å². The molecule has 7 heteroatoms. The van der Waals surface area contributed by atoms with Gasteiger partial charge in [-0.2, -0.15) is 9.50 Å². The lowest BCUT2D eigenvalue weighted by atomic mass is 9.72. The summed E-state index contributed by atoms with van der Waals surface area (Å²) in [6, 6.07) is 18.9. The maximum Gasteiger partial charge on any atom is 0.254 e. The number of nitrogens with zero attached hydrogens (tertiary/aromatic N) is 4. The van der Waals surface area contributed by atoms with E-state index in [-0.39, 0.29) is 5.54 Å². The molecule has 2 aromatic heterocycles. The summed E-state index contributed by atoms with van der Waals surface area (Å²) in [4.78, 5) is 9.54. The number of fused-ring (bicyclic) bond motifs is 1. The summed E-state index contributed by atoms with van der Waals surface area (Å²) in [5, 5.41) is 8.22. The molecule has 2 heterocycles. The Morgan fingerprint density at radius 2 is 1.79 bits per heavy atom. The molecule has 2 aromatic carbocycles. The fourth-order valence-corrected chi connectivity index (χ4v) is 4.48. The molecular weight excluding hydrogens is 412 g/mol. The molecule has 0 bridgehead atoms. The molecule has 1 fully saturated rings. The molecule has 1 saturated carbocycles. The highest BCUT2D eigenvalue weighted by molar-refractivity contribution is 5.89. The van der Waals surface area contributed by atoms with Gasteiger partial charge in [-0.25, -0.2) is 4.98 Å². The van der Waals surface area contributed by atoms with Crippen molar-refractivity contribution in [3.05, 3.63) is 66.0 Å². The topological polar surface area (TPSA) is 90.4 Å². The van der Waals surface area contributed by atoms with Gasteiger partial charge in [0.1, 0.15) is 11.6 Å². The van der Waals surface area contributed by atoms with Crippen LogP contribution in [0.25, 0.3) is 28.2 Å². The normalized spacial score (nSPS) is 14.9. The van der Waals surface area contributed by atoms with Crippen LogP contribution in [0.3, 0.4) is 0 Å². The lowest BCUT2D eigenvalue weighted by molar-refractivity contribution is 0.197. The van der Waals surface area contributed by atoms with Crippen molar-refractivity contribution in [3.63, 3.8) is 0 Å². The minimum Gasteiger partial charge on any atom is -0.385 e. The van der Waals surface area contributed by atoms with Gasteiger partial charge < -0.3 is 15.8 Å². The summed E-state index contributed by atoms with van der Waals surface area (Å²) >= 11 is 0. The van der Waals surface area contributed by atoms with Gasteiger partial charge in [0.2, 0.25) is 0 Å². The van der Waals surface area contributed by atoms with Gasteiger partial charge in [-0.3, -0.25) is 0 Å². The molecule has 0 atom stereocenters. The van der Waals surface area contributed by atoms with Gasteiger partial charge in [-0.1, -0.05) is 54.6 Å². The molecule has 0 spiro atoms. The van der Waals surface area contributed by atoms with E-state index in [1.54, 1.807) is 7.11 Å². The van der Waals surface area contributed by atoms with E-state index in [1.807, 2.05) is 29.6 Å². The van der Waals surface area contributed by atoms with Crippen molar-refractivity contribution in [2.45, 2.75) is 38.1 Å². The number of aromatic nitrogens is 4. The third-order valence-electron chi connectivity index (χ3n) is 6.45. The first-order valence-corrected chi connectivity index (χ1v) is 11.5.